The minimum atomic E-state index is 0.639. The van der Waals surface area contributed by atoms with E-state index in [1.165, 1.54) is 5.69 Å². The van der Waals surface area contributed by atoms with Gasteiger partial charge >= 0.3 is 0 Å². The topological polar surface area (TPSA) is 55.1 Å². The second-order valence-corrected chi connectivity index (χ2v) is 7.69. The minimum absolute atomic E-state index is 0.639. The maximum atomic E-state index is 4.69. The maximum Gasteiger partial charge on any atom is 0.194 e. The van der Waals surface area contributed by atoms with Crippen molar-refractivity contribution in [1.29, 1.82) is 0 Å². The molecule has 0 radical (unpaired) electrons. The number of thiazole rings is 1. The summed E-state index contributed by atoms with van der Waals surface area (Å²) >= 11 is 4.78. The predicted molar refractivity (Wildman–Crippen MR) is 83.6 cm³/mol. The summed E-state index contributed by atoms with van der Waals surface area (Å²) < 4.78 is 3.09. The van der Waals surface area contributed by atoms with Crippen LogP contribution in [0.3, 0.4) is 0 Å². The third-order valence-electron chi connectivity index (χ3n) is 2.69. The van der Waals surface area contributed by atoms with Crippen molar-refractivity contribution in [3.05, 3.63) is 22.8 Å². The summed E-state index contributed by atoms with van der Waals surface area (Å²) in [5.41, 5.74) is 2.94. The predicted octanol–water partition coefficient (Wildman–Crippen LogP) is 3.14. The Labute approximate surface area is 129 Å². The lowest BCUT2D eigenvalue weighted by molar-refractivity contribution is 0.544. The fourth-order valence-electron chi connectivity index (χ4n) is 1.82. The number of nitrogens with one attached hydrogen (secondary N) is 1. The Morgan fingerprint density at radius 1 is 1.40 bits per heavy atom. The summed E-state index contributed by atoms with van der Waals surface area (Å²) in [4.78, 5) is 5.71. The first-order chi connectivity index (χ1) is 9.74. The molecule has 0 aliphatic carbocycles. The molecule has 3 rings (SSSR count). The van der Waals surface area contributed by atoms with Crippen molar-refractivity contribution in [3.8, 4) is 0 Å². The Kier molecular flexibility index (Phi) is 4.35. The van der Waals surface area contributed by atoms with Gasteiger partial charge in [0, 0.05) is 18.1 Å². The van der Waals surface area contributed by atoms with Gasteiger partial charge < -0.3 is 5.32 Å². The van der Waals surface area contributed by atoms with Crippen molar-refractivity contribution < 1.29 is 0 Å². The van der Waals surface area contributed by atoms with Crippen LogP contribution in [-0.2, 0) is 6.54 Å². The largest absolute Gasteiger partial charge is 0.311 e. The molecule has 0 aliphatic rings. The quantitative estimate of drug-likeness (QED) is 0.754. The van der Waals surface area contributed by atoms with Crippen LogP contribution in [0.2, 0.25) is 0 Å². The van der Waals surface area contributed by atoms with Gasteiger partial charge in [0.15, 0.2) is 9.30 Å². The Morgan fingerprint density at radius 3 is 3.05 bits per heavy atom. The van der Waals surface area contributed by atoms with Crippen LogP contribution in [0.1, 0.15) is 19.5 Å². The first-order valence-electron chi connectivity index (χ1n) is 6.33. The number of nitrogens with zero attached hydrogens (tertiary/aromatic N) is 4. The molecule has 5 nitrogen and oxygen atoms in total. The lowest BCUT2D eigenvalue weighted by atomic mass is 10.2. The van der Waals surface area contributed by atoms with Crippen LogP contribution in [0, 0.1) is 5.92 Å². The average Bonchev–Trinajstić information content (AvgIpc) is 3.09. The molecular weight excluding hydrogens is 310 g/mol. The molecule has 0 fully saturated rings. The summed E-state index contributed by atoms with van der Waals surface area (Å²) in [5, 5.41) is 14.5. The molecule has 0 aromatic carbocycles. The van der Waals surface area contributed by atoms with E-state index in [9.17, 15) is 0 Å². The highest BCUT2D eigenvalue weighted by Gasteiger charge is 2.15. The number of rotatable bonds is 6. The zero-order chi connectivity index (χ0) is 13.9. The molecule has 0 bridgehead atoms. The molecule has 0 aliphatic heterocycles. The van der Waals surface area contributed by atoms with Crippen molar-refractivity contribution in [2.45, 2.75) is 29.8 Å². The molecule has 1 N–H and O–H groups in total. The Morgan fingerprint density at radius 2 is 2.30 bits per heavy atom. The van der Waals surface area contributed by atoms with E-state index in [1.807, 2.05) is 0 Å². The SMILES string of the molecule is CC(C)CNCc1c(Sc2nncs2)nc2sccn12. The third-order valence-corrected chi connectivity index (χ3v) is 5.25. The molecule has 0 saturated heterocycles. The van der Waals surface area contributed by atoms with Gasteiger partial charge in [-0.15, -0.1) is 21.5 Å². The second kappa shape index (κ2) is 6.21. The van der Waals surface area contributed by atoms with Crippen LogP contribution >= 0.6 is 34.4 Å². The van der Waals surface area contributed by atoms with Gasteiger partial charge in [0.25, 0.3) is 0 Å². The highest BCUT2D eigenvalue weighted by molar-refractivity contribution is 8.01. The first kappa shape index (κ1) is 14.0. The molecule has 3 aromatic heterocycles. The lowest BCUT2D eigenvalue weighted by Gasteiger charge is -2.07. The van der Waals surface area contributed by atoms with E-state index in [1.54, 1.807) is 39.9 Å². The normalized spacial score (nSPS) is 11.8. The fraction of sp³-hybridized carbons (Fsp3) is 0.417. The molecule has 8 heteroatoms. The number of imidazole rings is 1. The molecular formula is C12H15N5S3. The van der Waals surface area contributed by atoms with Gasteiger partial charge in [-0.25, -0.2) is 4.98 Å². The van der Waals surface area contributed by atoms with Gasteiger partial charge in [-0.1, -0.05) is 25.2 Å². The van der Waals surface area contributed by atoms with Gasteiger partial charge in [0.05, 0.1) is 5.69 Å². The molecule has 106 valence electrons. The van der Waals surface area contributed by atoms with Gasteiger partial charge in [0.2, 0.25) is 0 Å². The molecule has 0 amide bonds. The molecule has 3 aromatic rings. The molecule has 0 spiro atoms. The molecule has 3 heterocycles. The van der Waals surface area contributed by atoms with Crippen molar-refractivity contribution in [2.24, 2.45) is 5.92 Å². The molecule has 0 saturated carbocycles. The minimum Gasteiger partial charge on any atom is -0.311 e. The van der Waals surface area contributed by atoms with E-state index in [4.69, 9.17) is 0 Å². The number of hydrogen-bond donors (Lipinski definition) is 1. The Balaban J connectivity index is 1.84. The lowest BCUT2D eigenvalue weighted by Crippen LogP contribution is -2.20. The fourth-order valence-corrected chi connectivity index (χ4v) is 4.13. The Bertz CT molecular complexity index is 670. The highest BCUT2D eigenvalue weighted by atomic mass is 32.2. The maximum absolute atomic E-state index is 4.69. The monoisotopic (exact) mass is 325 g/mol. The number of fused-ring (bicyclic) bond motifs is 1. The summed E-state index contributed by atoms with van der Waals surface area (Å²) in [6.07, 6.45) is 2.07. The second-order valence-electron chi connectivity index (χ2n) is 4.75. The van der Waals surface area contributed by atoms with Crippen LogP contribution in [0.25, 0.3) is 4.96 Å². The smallest absolute Gasteiger partial charge is 0.194 e. The molecule has 0 unspecified atom stereocenters. The van der Waals surface area contributed by atoms with Crippen molar-refractivity contribution in [2.75, 3.05) is 6.54 Å². The zero-order valence-electron chi connectivity index (χ0n) is 11.2. The van der Waals surface area contributed by atoms with Crippen LogP contribution in [-0.4, -0.2) is 26.1 Å². The van der Waals surface area contributed by atoms with E-state index in [-0.39, 0.29) is 0 Å². The van der Waals surface area contributed by atoms with Crippen molar-refractivity contribution >= 4 is 39.4 Å². The van der Waals surface area contributed by atoms with Crippen LogP contribution < -0.4 is 5.32 Å². The van der Waals surface area contributed by atoms with Crippen molar-refractivity contribution in [1.82, 2.24) is 24.9 Å². The van der Waals surface area contributed by atoms with Gasteiger partial charge in [-0.2, -0.15) is 0 Å². The summed E-state index contributed by atoms with van der Waals surface area (Å²) in [5.74, 6) is 0.639. The van der Waals surface area contributed by atoms with Crippen LogP contribution in [0.4, 0.5) is 0 Å². The number of hydrogen-bond acceptors (Lipinski definition) is 7. The van der Waals surface area contributed by atoms with E-state index >= 15 is 0 Å². The Hall–Kier alpha value is -0.960. The summed E-state index contributed by atoms with van der Waals surface area (Å²) in [6, 6.07) is 0. The molecule has 0 atom stereocenters. The van der Waals surface area contributed by atoms with Gasteiger partial charge in [-0.05, 0) is 24.2 Å². The third kappa shape index (κ3) is 3.03. The summed E-state index contributed by atoms with van der Waals surface area (Å²) in [6.45, 7) is 6.23. The van der Waals surface area contributed by atoms with Crippen LogP contribution in [0.15, 0.2) is 26.5 Å². The average molecular weight is 325 g/mol. The van der Waals surface area contributed by atoms with E-state index in [2.05, 4.69) is 50.3 Å². The zero-order valence-corrected chi connectivity index (χ0v) is 13.7. The van der Waals surface area contributed by atoms with E-state index < -0.39 is 0 Å². The van der Waals surface area contributed by atoms with E-state index in [0.717, 1.165) is 27.4 Å². The van der Waals surface area contributed by atoms with Crippen LogP contribution in [0.5, 0.6) is 0 Å². The van der Waals surface area contributed by atoms with Crippen molar-refractivity contribution in [3.63, 3.8) is 0 Å². The first-order valence-corrected chi connectivity index (χ1v) is 8.91. The van der Waals surface area contributed by atoms with Gasteiger partial charge in [-0.3, -0.25) is 4.40 Å². The highest BCUT2D eigenvalue weighted by Crippen LogP contribution is 2.32. The standard InChI is InChI=1S/C12H15N5S3/c1-8(2)5-13-6-9-10(20-12-16-14-7-19-12)15-11-17(9)3-4-18-11/h3-4,7-8,13H,5-6H2,1-2H3. The van der Waals surface area contributed by atoms with E-state index in [0.29, 0.717) is 5.92 Å². The molecule has 20 heavy (non-hydrogen) atoms. The van der Waals surface area contributed by atoms with Gasteiger partial charge in [0.1, 0.15) is 10.5 Å². The summed E-state index contributed by atoms with van der Waals surface area (Å²) in [7, 11) is 0. The number of aromatic nitrogens is 4.